The van der Waals surface area contributed by atoms with Crippen LogP contribution in [0.5, 0.6) is 0 Å². The first-order valence-corrected chi connectivity index (χ1v) is 7.38. The molecule has 120 valence electrons. The van der Waals surface area contributed by atoms with Crippen LogP contribution in [0.15, 0.2) is 73.1 Å². The van der Waals surface area contributed by atoms with Gasteiger partial charge in [0.05, 0.1) is 4.92 Å². The van der Waals surface area contributed by atoms with E-state index in [-0.39, 0.29) is 17.2 Å². The van der Waals surface area contributed by atoms with E-state index in [4.69, 9.17) is 0 Å². The Balaban J connectivity index is 1.64. The van der Waals surface area contributed by atoms with Gasteiger partial charge in [-0.3, -0.25) is 14.9 Å². The van der Waals surface area contributed by atoms with Crippen LogP contribution >= 0.6 is 0 Å². The number of hydrogen-bond acceptors (Lipinski definition) is 3. The molecule has 3 aromatic rings. The fraction of sp³-hybridized carbons (Fsp3) is 0.0556. The van der Waals surface area contributed by atoms with Crippen molar-refractivity contribution < 1.29 is 9.72 Å². The molecule has 0 spiro atoms. The van der Waals surface area contributed by atoms with Crippen LogP contribution in [-0.4, -0.2) is 15.4 Å². The van der Waals surface area contributed by atoms with Gasteiger partial charge in [-0.1, -0.05) is 18.2 Å². The Hall–Kier alpha value is -3.41. The highest BCUT2D eigenvalue weighted by Gasteiger charge is 2.11. The van der Waals surface area contributed by atoms with E-state index in [1.807, 2.05) is 53.4 Å². The number of nitro groups is 1. The molecule has 0 aliphatic carbocycles. The topological polar surface area (TPSA) is 77.2 Å². The van der Waals surface area contributed by atoms with E-state index in [0.717, 1.165) is 11.3 Å². The fourth-order valence-electron chi connectivity index (χ4n) is 2.34. The molecule has 0 bridgehead atoms. The zero-order valence-corrected chi connectivity index (χ0v) is 12.8. The molecule has 0 aliphatic heterocycles. The maximum Gasteiger partial charge on any atom is 0.270 e. The molecule has 6 nitrogen and oxygen atoms in total. The van der Waals surface area contributed by atoms with Crippen LogP contribution in [0.25, 0.3) is 5.69 Å². The van der Waals surface area contributed by atoms with Crippen LogP contribution in [0.4, 0.5) is 5.69 Å². The van der Waals surface area contributed by atoms with E-state index >= 15 is 0 Å². The summed E-state index contributed by atoms with van der Waals surface area (Å²) >= 11 is 0. The van der Waals surface area contributed by atoms with Gasteiger partial charge in [-0.05, 0) is 35.9 Å². The highest BCUT2D eigenvalue weighted by atomic mass is 16.6. The second-order valence-corrected chi connectivity index (χ2v) is 5.25. The number of aromatic nitrogens is 1. The Bertz CT molecular complexity index is 855. The molecule has 6 heteroatoms. The Kier molecular flexibility index (Phi) is 4.38. The first-order valence-electron chi connectivity index (χ1n) is 7.38. The molecular formula is C18H15N3O3. The number of carbonyl (C=O) groups is 1. The summed E-state index contributed by atoms with van der Waals surface area (Å²) in [4.78, 5) is 22.3. The predicted molar refractivity (Wildman–Crippen MR) is 90.0 cm³/mol. The second kappa shape index (κ2) is 6.78. The maximum absolute atomic E-state index is 12.1. The summed E-state index contributed by atoms with van der Waals surface area (Å²) in [6, 6.07) is 17.4. The molecular weight excluding hydrogens is 306 g/mol. The molecule has 0 atom stereocenters. The van der Waals surface area contributed by atoms with Crippen LogP contribution < -0.4 is 5.32 Å². The summed E-state index contributed by atoms with van der Waals surface area (Å²) in [5.74, 6) is -0.340. The molecule has 1 amide bonds. The van der Waals surface area contributed by atoms with Crippen molar-refractivity contribution in [3.05, 3.63) is 94.3 Å². The molecule has 0 aliphatic rings. The molecule has 24 heavy (non-hydrogen) atoms. The minimum absolute atomic E-state index is 0.0984. The molecule has 2 aromatic carbocycles. The molecule has 3 rings (SSSR count). The number of nitrogens with zero attached hydrogens (tertiary/aromatic N) is 2. The van der Waals surface area contributed by atoms with Crippen molar-refractivity contribution in [1.82, 2.24) is 9.88 Å². The van der Waals surface area contributed by atoms with Gasteiger partial charge in [-0.2, -0.15) is 0 Å². The predicted octanol–water partition coefficient (Wildman–Crippen LogP) is 3.32. The lowest BCUT2D eigenvalue weighted by atomic mass is 10.1. The highest BCUT2D eigenvalue weighted by Crippen LogP contribution is 2.14. The lowest BCUT2D eigenvalue weighted by Gasteiger charge is -2.07. The van der Waals surface area contributed by atoms with Crippen molar-refractivity contribution in [2.45, 2.75) is 6.54 Å². The van der Waals surface area contributed by atoms with Crippen molar-refractivity contribution in [3.63, 3.8) is 0 Å². The first-order chi connectivity index (χ1) is 11.6. The van der Waals surface area contributed by atoms with Gasteiger partial charge in [0.1, 0.15) is 0 Å². The summed E-state index contributed by atoms with van der Waals surface area (Å²) in [7, 11) is 0. The van der Waals surface area contributed by atoms with Crippen LogP contribution in [0.1, 0.15) is 15.9 Å². The quantitative estimate of drug-likeness (QED) is 0.578. The van der Waals surface area contributed by atoms with Crippen molar-refractivity contribution in [2.75, 3.05) is 0 Å². The number of benzene rings is 2. The number of rotatable bonds is 5. The third kappa shape index (κ3) is 3.49. The van der Waals surface area contributed by atoms with Gasteiger partial charge in [0, 0.05) is 42.3 Å². The van der Waals surface area contributed by atoms with Gasteiger partial charge in [0.25, 0.3) is 11.6 Å². The third-order valence-electron chi connectivity index (χ3n) is 3.61. The van der Waals surface area contributed by atoms with Crippen molar-refractivity contribution in [1.29, 1.82) is 0 Å². The molecule has 0 fully saturated rings. The average Bonchev–Trinajstić information content (AvgIpc) is 3.15. The molecule has 0 unspecified atom stereocenters. The van der Waals surface area contributed by atoms with Crippen molar-refractivity contribution >= 4 is 11.6 Å². The molecule has 0 radical (unpaired) electrons. The highest BCUT2D eigenvalue weighted by molar-refractivity contribution is 5.94. The Morgan fingerprint density at radius 3 is 2.42 bits per heavy atom. The van der Waals surface area contributed by atoms with E-state index in [1.165, 1.54) is 18.2 Å². The molecule has 1 heterocycles. The van der Waals surface area contributed by atoms with Crippen LogP contribution in [0.2, 0.25) is 0 Å². The van der Waals surface area contributed by atoms with Crippen molar-refractivity contribution in [3.8, 4) is 5.69 Å². The van der Waals surface area contributed by atoms with E-state index < -0.39 is 4.92 Å². The minimum Gasteiger partial charge on any atom is -0.348 e. The lowest BCUT2D eigenvalue weighted by Crippen LogP contribution is -2.22. The molecule has 0 saturated heterocycles. The summed E-state index contributed by atoms with van der Waals surface area (Å²) in [5, 5.41) is 13.5. The van der Waals surface area contributed by atoms with Crippen LogP contribution in [0.3, 0.4) is 0 Å². The number of non-ortho nitro benzene ring substituents is 1. The van der Waals surface area contributed by atoms with Gasteiger partial charge in [0.15, 0.2) is 0 Å². The Morgan fingerprint density at radius 2 is 1.75 bits per heavy atom. The lowest BCUT2D eigenvalue weighted by molar-refractivity contribution is -0.384. The Labute approximate surface area is 138 Å². The number of nitro benzene ring substituents is 1. The van der Waals surface area contributed by atoms with Crippen LogP contribution in [0, 0.1) is 10.1 Å². The summed E-state index contributed by atoms with van der Waals surface area (Å²) < 4.78 is 1.99. The van der Waals surface area contributed by atoms with Crippen LogP contribution in [-0.2, 0) is 6.54 Å². The second-order valence-electron chi connectivity index (χ2n) is 5.25. The largest absolute Gasteiger partial charge is 0.348 e. The number of nitrogens with one attached hydrogen (secondary N) is 1. The number of hydrogen-bond donors (Lipinski definition) is 1. The van der Waals surface area contributed by atoms with E-state index in [0.29, 0.717) is 6.54 Å². The van der Waals surface area contributed by atoms with E-state index in [1.54, 1.807) is 6.07 Å². The average molecular weight is 321 g/mol. The third-order valence-corrected chi connectivity index (χ3v) is 3.61. The maximum atomic E-state index is 12.1. The fourth-order valence-corrected chi connectivity index (χ4v) is 2.34. The van der Waals surface area contributed by atoms with Gasteiger partial charge in [0.2, 0.25) is 0 Å². The molecule has 1 N–H and O–H groups in total. The van der Waals surface area contributed by atoms with Gasteiger partial charge in [-0.15, -0.1) is 0 Å². The van der Waals surface area contributed by atoms with E-state index in [2.05, 4.69) is 5.32 Å². The number of carbonyl (C=O) groups excluding carboxylic acids is 1. The first kappa shape index (κ1) is 15.5. The summed E-state index contributed by atoms with van der Waals surface area (Å²) in [6.07, 6.45) is 3.91. The SMILES string of the molecule is O=C(NCc1ccc(-n2cccc2)cc1)c1cccc([N+](=O)[O-])c1. The van der Waals surface area contributed by atoms with E-state index in [9.17, 15) is 14.9 Å². The van der Waals surface area contributed by atoms with Gasteiger partial charge in [-0.25, -0.2) is 0 Å². The monoisotopic (exact) mass is 321 g/mol. The van der Waals surface area contributed by atoms with Gasteiger partial charge >= 0.3 is 0 Å². The normalized spacial score (nSPS) is 10.3. The zero-order chi connectivity index (χ0) is 16.9. The zero-order valence-electron chi connectivity index (χ0n) is 12.8. The number of amides is 1. The molecule has 0 saturated carbocycles. The summed E-state index contributed by atoms with van der Waals surface area (Å²) in [5.41, 5.74) is 2.16. The van der Waals surface area contributed by atoms with Crippen molar-refractivity contribution in [2.24, 2.45) is 0 Å². The minimum atomic E-state index is -0.517. The Morgan fingerprint density at radius 1 is 1.04 bits per heavy atom. The molecule has 1 aromatic heterocycles. The standard InChI is InChI=1S/C18H15N3O3/c22-18(15-4-3-5-17(12-15)21(23)24)19-13-14-6-8-16(9-7-14)20-10-1-2-11-20/h1-12H,13H2,(H,19,22). The van der Waals surface area contributed by atoms with Gasteiger partial charge < -0.3 is 9.88 Å². The summed E-state index contributed by atoms with van der Waals surface area (Å²) in [6.45, 7) is 0.355. The smallest absolute Gasteiger partial charge is 0.270 e.